The van der Waals surface area contributed by atoms with Crippen LogP contribution in [0.5, 0.6) is 5.75 Å². The van der Waals surface area contributed by atoms with E-state index in [-0.39, 0.29) is 11.8 Å². The van der Waals surface area contributed by atoms with Gasteiger partial charge in [-0.3, -0.25) is 14.5 Å². The minimum absolute atomic E-state index is 0.176. The summed E-state index contributed by atoms with van der Waals surface area (Å²) in [5.41, 5.74) is 3.00. The first-order valence-electron chi connectivity index (χ1n) is 11.9. The Morgan fingerprint density at radius 2 is 1.48 bits per heavy atom. The Hall–Kier alpha value is -3.28. The van der Waals surface area contributed by atoms with E-state index in [0.717, 1.165) is 30.8 Å². The van der Waals surface area contributed by atoms with Crippen LogP contribution in [0.25, 0.3) is 5.57 Å². The van der Waals surface area contributed by atoms with E-state index in [0.29, 0.717) is 43.4 Å². The number of imide groups is 1. The van der Waals surface area contributed by atoms with Crippen molar-refractivity contribution >= 4 is 23.1 Å². The maximum Gasteiger partial charge on any atom is 0.277 e. The number of benzene rings is 2. The second-order valence-electron chi connectivity index (χ2n) is 9.02. The van der Waals surface area contributed by atoms with Crippen LogP contribution in [0.15, 0.2) is 60.3 Å². The van der Waals surface area contributed by atoms with Crippen molar-refractivity contribution in [1.82, 2.24) is 9.80 Å². The van der Waals surface area contributed by atoms with Gasteiger partial charge in [-0.05, 0) is 42.2 Å². The Morgan fingerprint density at radius 1 is 0.848 bits per heavy atom. The van der Waals surface area contributed by atoms with Crippen molar-refractivity contribution in [1.29, 1.82) is 0 Å². The van der Waals surface area contributed by atoms with Crippen LogP contribution in [0.3, 0.4) is 0 Å². The van der Waals surface area contributed by atoms with E-state index in [2.05, 4.69) is 35.8 Å². The maximum absolute atomic E-state index is 13.4. The monoisotopic (exact) mass is 447 g/mol. The smallest absolute Gasteiger partial charge is 0.277 e. The molecule has 6 nitrogen and oxygen atoms in total. The lowest BCUT2D eigenvalue weighted by Gasteiger charge is -2.37. The third-order valence-electron chi connectivity index (χ3n) is 6.03. The zero-order valence-electron chi connectivity index (χ0n) is 19.8. The van der Waals surface area contributed by atoms with Crippen molar-refractivity contribution in [2.75, 3.05) is 44.2 Å². The van der Waals surface area contributed by atoms with Crippen LogP contribution >= 0.6 is 0 Å². The topological polar surface area (TPSA) is 53.1 Å². The molecule has 2 aliphatic rings. The molecule has 0 saturated carbocycles. The van der Waals surface area contributed by atoms with Crippen LogP contribution in [0.2, 0.25) is 0 Å². The molecule has 2 heterocycles. The van der Waals surface area contributed by atoms with E-state index in [4.69, 9.17) is 4.74 Å². The molecule has 1 saturated heterocycles. The number of carbonyl (C=O) groups is 2. The predicted octanol–water partition coefficient (Wildman–Crippen LogP) is 4.03. The molecule has 0 atom stereocenters. The minimum atomic E-state index is -0.196. The Labute approximate surface area is 196 Å². The summed E-state index contributed by atoms with van der Waals surface area (Å²) in [6.07, 6.45) is 0.738. The number of anilines is 1. The van der Waals surface area contributed by atoms with E-state index in [1.807, 2.05) is 49.4 Å². The van der Waals surface area contributed by atoms with Crippen molar-refractivity contribution in [2.45, 2.75) is 27.2 Å². The van der Waals surface area contributed by atoms with Gasteiger partial charge in [0, 0.05) is 38.4 Å². The summed E-state index contributed by atoms with van der Waals surface area (Å²) in [4.78, 5) is 32.5. The molecular weight excluding hydrogens is 414 g/mol. The third kappa shape index (κ3) is 4.90. The summed E-state index contributed by atoms with van der Waals surface area (Å²) in [7, 11) is 0. The first kappa shape index (κ1) is 22.9. The third-order valence-corrected chi connectivity index (χ3v) is 6.03. The van der Waals surface area contributed by atoms with Crippen LogP contribution in [0, 0.1) is 5.92 Å². The number of ether oxygens (including phenoxy) is 1. The first-order chi connectivity index (χ1) is 16.0. The van der Waals surface area contributed by atoms with E-state index >= 15 is 0 Å². The number of nitrogens with zero attached hydrogens (tertiary/aromatic N) is 3. The minimum Gasteiger partial charge on any atom is -0.493 e. The zero-order chi connectivity index (χ0) is 23.4. The molecule has 2 aromatic carbocycles. The average molecular weight is 448 g/mol. The largest absolute Gasteiger partial charge is 0.493 e. The summed E-state index contributed by atoms with van der Waals surface area (Å²) in [5.74, 6) is 0.835. The van der Waals surface area contributed by atoms with Crippen LogP contribution in [0.1, 0.15) is 32.8 Å². The van der Waals surface area contributed by atoms with Gasteiger partial charge in [0.25, 0.3) is 11.8 Å². The molecule has 0 aliphatic carbocycles. The van der Waals surface area contributed by atoms with Gasteiger partial charge in [0.1, 0.15) is 11.4 Å². The van der Waals surface area contributed by atoms with Gasteiger partial charge >= 0.3 is 0 Å². The van der Waals surface area contributed by atoms with Gasteiger partial charge in [-0.15, -0.1) is 0 Å². The summed E-state index contributed by atoms with van der Waals surface area (Å²) in [6.45, 7) is 10.3. The van der Waals surface area contributed by atoms with Crippen LogP contribution in [0.4, 0.5) is 5.69 Å². The van der Waals surface area contributed by atoms with Crippen molar-refractivity contribution in [2.24, 2.45) is 5.92 Å². The molecular formula is C27H33N3O3. The highest BCUT2D eigenvalue weighted by Gasteiger charge is 2.41. The summed E-state index contributed by atoms with van der Waals surface area (Å²) < 4.78 is 5.80. The second-order valence-corrected chi connectivity index (χ2v) is 9.02. The first-order valence-corrected chi connectivity index (χ1v) is 11.9. The molecule has 0 aromatic heterocycles. The maximum atomic E-state index is 13.4. The lowest BCUT2D eigenvalue weighted by molar-refractivity contribution is -0.137. The zero-order valence-corrected chi connectivity index (χ0v) is 19.8. The summed E-state index contributed by atoms with van der Waals surface area (Å²) >= 11 is 0. The number of hydrogen-bond acceptors (Lipinski definition) is 5. The molecule has 2 aliphatic heterocycles. The number of rotatable bonds is 8. The number of piperazine rings is 1. The van der Waals surface area contributed by atoms with Crippen molar-refractivity contribution in [3.05, 3.63) is 65.9 Å². The fourth-order valence-corrected chi connectivity index (χ4v) is 4.35. The SMILES string of the molecule is CCCN1C(=O)C(c2ccc(OCC(C)C)cc2)=C(N2CCN(c3ccccc3)CC2)C1=O. The van der Waals surface area contributed by atoms with E-state index in [9.17, 15) is 9.59 Å². The molecule has 0 radical (unpaired) electrons. The molecule has 6 heteroatoms. The molecule has 33 heavy (non-hydrogen) atoms. The molecule has 0 unspecified atom stereocenters. The number of para-hydroxylation sites is 1. The number of amides is 2. The fraction of sp³-hybridized carbons (Fsp3) is 0.407. The molecule has 1 fully saturated rings. The molecule has 2 aromatic rings. The van der Waals surface area contributed by atoms with E-state index in [1.165, 1.54) is 10.6 Å². The highest BCUT2D eigenvalue weighted by molar-refractivity contribution is 6.35. The summed E-state index contributed by atoms with van der Waals surface area (Å²) in [6, 6.07) is 17.9. The Morgan fingerprint density at radius 3 is 2.09 bits per heavy atom. The Kier molecular flexibility index (Phi) is 7.02. The Bertz CT molecular complexity index is 1010. The standard InChI is InChI=1S/C27H33N3O3/c1-4-14-30-26(31)24(21-10-12-23(13-11-21)33-19-20(2)3)25(27(30)32)29-17-15-28(16-18-29)22-8-6-5-7-9-22/h5-13,20H,4,14-19H2,1-3H3. The van der Waals surface area contributed by atoms with Gasteiger partial charge in [0.2, 0.25) is 0 Å². The van der Waals surface area contributed by atoms with Crippen molar-refractivity contribution in [3.63, 3.8) is 0 Å². The molecule has 174 valence electrons. The van der Waals surface area contributed by atoms with Gasteiger partial charge in [-0.1, -0.05) is 51.1 Å². The highest BCUT2D eigenvalue weighted by atomic mass is 16.5. The quantitative estimate of drug-likeness (QED) is 0.572. The average Bonchev–Trinajstić information content (AvgIpc) is 3.09. The predicted molar refractivity (Wildman–Crippen MR) is 131 cm³/mol. The number of carbonyl (C=O) groups excluding carboxylic acids is 2. The molecule has 4 rings (SSSR count). The Balaban J connectivity index is 1.59. The van der Waals surface area contributed by atoms with E-state index < -0.39 is 0 Å². The van der Waals surface area contributed by atoms with Gasteiger partial charge in [0.05, 0.1) is 12.2 Å². The van der Waals surface area contributed by atoms with Crippen LogP contribution in [-0.4, -0.2) is 60.9 Å². The van der Waals surface area contributed by atoms with Crippen LogP contribution in [-0.2, 0) is 9.59 Å². The van der Waals surface area contributed by atoms with Crippen molar-refractivity contribution in [3.8, 4) is 5.75 Å². The molecule has 0 N–H and O–H groups in total. The lowest BCUT2D eigenvalue weighted by Crippen LogP contribution is -2.47. The van der Waals surface area contributed by atoms with Gasteiger partial charge in [0.15, 0.2) is 0 Å². The van der Waals surface area contributed by atoms with Gasteiger partial charge in [-0.25, -0.2) is 0 Å². The number of hydrogen-bond donors (Lipinski definition) is 0. The summed E-state index contributed by atoms with van der Waals surface area (Å²) in [5, 5.41) is 0. The van der Waals surface area contributed by atoms with Crippen molar-refractivity contribution < 1.29 is 14.3 Å². The van der Waals surface area contributed by atoms with Gasteiger partial charge in [-0.2, -0.15) is 0 Å². The molecule has 2 amide bonds. The van der Waals surface area contributed by atoms with Gasteiger partial charge < -0.3 is 14.5 Å². The molecule has 0 bridgehead atoms. The van der Waals surface area contributed by atoms with E-state index in [1.54, 1.807) is 0 Å². The highest BCUT2D eigenvalue weighted by Crippen LogP contribution is 2.33. The van der Waals surface area contributed by atoms with Crippen LogP contribution < -0.4 is 9.64 Å². The second kappa shape index (κ2) is 10.1. The fourth-order valence-electron chi connectivity index (χ4n) is 4.35. The molecule has 0 spiro atoms. The normalized spacial score (nSPS) is 16.9. The lowest BCUT2D eigenvalue weighted by atomic mass is 10.0.